The van der Waals surface area contributed by atoms with Gasteiger partial charge in [-0.25, -0.2) is 0 Å². The lowest BCUT2D eigenvalue weighted by Gasteiger charge is -2.28. The number of nitrogens with zero attached hydrogens (tertiary/aromatic N) is 3. The Kier molecular flexibility index (Phi) is 17.8. The van der Waals surface area contributed by atoms with Crippen molar-refractivity contribution in [2.45, 2.75) is 97.3 Å². The Labute approximate surface area is 274 Å². The van der Waals surface area contributed by atoms with Gasteiger partial charge in [0.1, 0.15) is 12.2 Å². The van der Waals surface area contributed by atoms with E-state index in [2.05, 4.69) is 12.2 Å². The summed E-state index contributed by atoms with van der Waals surface area (Å²) in [5.41, 5.74) is 1.34. The molecule has 0 aliphatic carbocycles. The van der Waals surface area contributed by atoms with Gasteiger partial charge in [0.15, 0.2) is 0 Å². The summed E-state index contributed by atoms with van der Waals surface area (Å²) in [5.74, 6) is -0.590. The number of ether oxygens (including phenoxy) is 1. The quantitative estimate of drug-likeness (QED) is 0.108. The van der Waals surface area contributed by atoms with Gasteiger partial charge in [0, 0.05) is 71.2 Å². The smallest absolute Gasteiger partial charge is 0.236 e. The second-order valence-electron chi connectivity index (χ2n) is 12.1. The van der Waals surface area contributed by atoms with Crippen molar-refractivity contribution < 1.29 is 33.5 Å². The number of carbonyl (C=O) groups is 6. The second kappa shape index (κ2) is 21.2. The van der Waals surface area contributed by atoms with Crippen LogP contribution in [0.25, 0.3) is 0 Å². The molecule has 0 spiro atoms. The Morgan fingerprint density at radius 1 is 0.913 bits per heavy atom. The van der Waals surface area contributed by atoms with Crippen LogP contribution in [0.5, 0.6) is 0 Å². The highest BCUT2D eigenvalue weighted by atomic mass is 16.5. The Hall–Kier alpha value is -3.60. The van der Waals surface area contributed by atoms with Crippen molar-refractivity contribution in [3.05, 3.63) is 29.8 Å². The lowest BCUT2D eigenvalue weighted by Crippen LogP contribution is -2.48. The van der Waals surface area contributed by atoms with Crippen LogP contribution in [-0.2, 0) is 39.9 Å². The minimum atomic E-state index is -0.361. The predicted octanol–water partition coefficient (Wildman–Crippen LogP) is 4.06. The fourth-order valence-corrected chi connectivity index (χ4v) is 5.20. The van der Waals surface area contributed by atoms with Gasteiger partial charge in [-0.15, -0.1) is 0 Å². The number of hydrogen-bond acceptors (Lipinski definition) is 7. The van der Waals surface area contributed by atoms with Crippen molar-refractivity contribution in [1.82, 2.24) is 15.1 Å². The molecule has 2 rings (SSSR count). The summed E-state index contributed by atoms with van der Waals surface area (Å²) >= 11 is 0. The lowest BCUT2D eigenvalue weighted by molar-refractivity contribution is -0.152. The number of rotatable bonds is 23. The van der Waals surface area contributed by atoms with Gasteiger partial charge >= 0.3 is 0 Å². The largest absolute Gasteiger partial charge is 0.380 e. The molecule has 1 N–H and O–H groups in total. The number of anilines is 1. The first-order chi connectivity index (χ1) is 22.1. The minimum absolute atomic E-state index is 0.0195. The topological polar surface area (TPSA) is 133 Å². The Bertz CT molecular complexity index is 1150. The lowest BCUT2D eigenvalue weighted by atomic mass is 9.90. The van der Waals surface area contributed by atoms with Gasteiger partial charge in [-0.1, -0.05) is 51.7 Å². The van der Waals surface area contributed by atoms with Crippen LogP contribution >= 0.6 is 0 Å². The molecule has 1 heterocycles. The SMILES string of the molecule is CCCCCC(CCCCNC(=O)CCCOCCN(C)C(=O)CC(=O)N(C)c1ccc(CC(=O)N2CCC2=O)cc1)C(=O)CC. The molecule has 256 valence electrons. The van der Waals surface area contributed by atoms with Gasteiger partial charge in [-0.3, -0.25) is 33.7 Å². The molecule has 1 unspecified atom stereocenters. The van der Waals surface area contributed by atoms with Gasteiger partial charge in [0.25, 0.3) is 0 Å². The average molecular weight is 643 g/mol. The van der Waals surface area contributed by atoms with Crippen molar-refractivity contribution in [1.29, 1.82) is 0 Å². The standard InChI is InChI=1S/C35H54N4O7/c1-5-7-8-12-28(30(40)6-2)13-9-10-20-36-31(41)14-11-23-46-24-22-37(3)33(43)26-34(44)38(4)29-17-15-27(16-18-29)25-35(45)39-21-19-32(39)42/h15-18,28H,5-14,19-26H2,1-4H3,(H,36,41). The number of Topliss-reactive ketones (excluding diaryl/α,β-unsaturated/α-hetero) is 1. The number of unbranched alkanes of at least 4 members (excludes halogenated alkanes) is 3. The average Bonchev–Trinajstić information content (AvgIpc) is 3.03. The summed E-state index contributed by atoms with van der Waals surface area (Å²) in [4.78, 5) is 77.3. The molecule has 11 heteroatoms. The molecule has 1 saturated heterocycles. The molecule has 1 fully saturated rings. The molecule has 0 saturated carbocycles. The third-order valence-electron chi connectivity index (χ3n) is 8.46. The fraction of sp³-hybridized carbons (Fsp3) is 0.657. The van der Waals surface area contributed by atoms with Crippen LogP contribution in [0.2, 0.25) is 0 Å². The summed E-state index contributed by atoms with van der Waals surface area (Å²) in [6.07, 6.45) is 8.82. The number of carbonyl (C=O) groups excluding carboxylic acids is 6. The number of β-lactam (4-membered cyclic amide) rings is 1. The van der Waals surface area contributed by atoms with Gasteiger partial charge < -0.3 is 19.9 Å². The monoisotopic (exact) mass is 642 g/mol. The Balaban J connectivity index is 1.55. The van der Waals surface area contributed by atoms with Crippen LogP contribution in [0.1, 0.15) is 96.5 Å². The Morgan fingerprint density at radius 3 is 2.22 bits per heavy atom. The molecule has 1 atom stereocenters. The van der Waals surface area contributed by atoms with Crippen molar-refractivity contribution in [3.8, 4) is 0 Å². The van der Waals surface area contributed by atoms with Crippen molar-refractivity contribution in [2.24, 2.45) is 5.92 Å². The maximum Gasteiger partial charge on any atom is 0.236 e. The van der Waals surface area contributed by atoms with E-state index >= 15 is 0 Å². The summed E-state index contributed by atoms with van der Waals surface area (Å²) in [5, 5.41) is 2.94. The van der Waals surface area contributed by atoms with E-state index in [0.29, 0.717) is 70.0 Å². The number of benzene rings is 1. The van der Waals surface area contributed by atoms with Gasteiger partial charge in [0.05, 0.1) is 13.0 Å². The van der Waals surface area contributed by atoms with Crippen LogP contribution in [-0.4, -0.2) is 92.1 Å². The zero-order chi connectivity index (χ0) is 33.9. The first kappa shape index (κ1) is 38.6. The third kappa shape index (κ3) is 13.8. The normalized spacial score (nSPS) is 13.1. The molecule has 1 aliphatic heterocycles. The summed E-state index contributed by atoms with van der Waals surface area (Å²) in [7, 11) is 3.21. The number of likely N-dealkylation sites (N-methyl/N-ethyl adjacent to an activating group) is 1. The number of ketones is 1. The van der Waals surface area contributed by atoms with Crippen molar-refractivity contribution in [3.63, 3.8) is 0 Å². The summed E-state index contributed by atoms with van der Waals surface area (Å²) in [6.45, 7) is 6.18. The molecule has 1 aromatic rings. The molecule has 0 aromatic heterocycles. The van der Waals surface area contributed by atoms with Crippen LogP contribution in [0, 0.1) is 5.92 Å². The molecule has 5 amide bonds. The van der Waals surface area contributed by atoms with E-state index in [-0.39, 0.29) is 48.3 Å². The van der Waals surface area contributed by atoms with Gasteiger partial charge in [0.2, 0.25) is 29.5 Å². The van der Waals surface area contributed by atoms with E-state index in [1.165, 1.54) is 14.7 Å². The van der Waals surface area contributed by atoms with E-state index in [1.54, 1.807) is 38.4 Å². The van der Waals surface area contributed by atoms with E-state index < -0.39 is 0 Å². The third-order valence-corrected chi connectivity index (χ3v) is 8.46. The zero-order valence-corrected chi connectivity index (χ0v) is 28.3. The number of likely N-dealkylation sites (tertiary alicyclic amines) is 1. The van der Waals surface area contributed by atoms with E-state index in [4.69, 9.17) is 4.74 Å². The molecule has 1 aliphatic rings. The highest BCUT2D eigenvalue weighted by Crippen LogP contribution is 2.20. The number of amides is 5. The van der Waals surface area contributed by atoms with Crippen LogP contribution in [0.3, 0.4) is 0 Å². The highest BCUT2D eigenvalue weighted by Gasteiger charge is 2.29. The van der Waals surface area contributed by atoms with Crippen LogP contribution in [0.4, 0.5) is 5.69 Å². The number of imide groups is 1. The number of hydrogen-bond donors (Lipinski definition) is 1. The first-order valence-electron chi connectivity index (χ1n) is 16.9. The maximum atomic E-state index is 12.7. The number of nitrogens with one attached hydrogen (secondary N) is 1. The Morgan fingerprint density at radius 2 is 1.61 bits per heavy atom. The fourth-order valence-electron chi connectivity index (χ4n) is 5.20. The maximum absolute atomic E-state index is 12.7. The van der Waals surface area contributed by atoms with Crippen molar-refractivity contribution in [2.75, 3.05) is 51.8 Å². The molecule has 46 heavy (non-hydrogen) atoms. The second-order valence-corrected chi connectivity index (χ2v) is 12.1. The summed E-state index contributed by atoms with van der Waals surface area (Å²) < 4.78 is 5.59. The first-order valence-corrected chi connectivity index (χ1v) is 16.9. The highest BCUT2D eigenvalue weighted by molar-refractivity contribution is 6.04. The van der Waals surface area contributed by atoms with Gasteiger partial charge in [-0.05, 0) is 43.4 Å². The molecule has 1 aromatic carbocycles. The molecular formula is C35H54N4O7. The van der Waals surface area contributed by atoms with E-state index in [0.717, 1.165) is 50.5 Å². The molecular weight excluding hydrogens is 588 g/mol. The van der Waals surface area contributed by atoms with Gasteiger partial charge in [-0.2, -0.15) is 0 Å². The molecule has 11 nitrogen and oxygen atoms in total. The van der Waals surface area contributed by atoms with Crippen LogP contribution < -0.4 is 10.2 Å². The molecule has 0 radical (unpaired) electrons. The van der Waals surface area contributed by atoms with Crippen molar-refractivity contribution >= 4 is 41.0 Å². The van der Waals surface area contributed by atoms with E-state index in [9.17, 15) is 28.8 Å². The van der Waals surface area contributed by atoms with E-state index in [1.807, 2.05) is 6.92 Å². The zero-order valence-electron chi connectivity index (χ0n) is 28.3. The summed E-state index contributed by atoms with van der Waals surface area (Å²) in [6, 6.07) is 6.89. The van der Waals surface area contributed by atoms with Crippen LogP contribution in [0.15, 0.2) is 24.3 Å². The predicted molar refractivity (Wildman–Crippen MR) is 177 cm³/mol. The minimum Gasteiger partial charge on any atom is -0.380 e. The molecule has 0 bridgehead atoms.